The summed E-state index contributed by atoms with van der Waals surface area (Å²) in [5, 5.41) is 0. The number of ether oxygens (including phenoxy) is 1. The molecule has 0 aromatic heterocycles. The van der Waals surface area contributed by atoms with E-state index in [0.717, 1.165) is 0 Å². The molecule has 1 aliphatic carbocycles. The van der Waals surface area contributed by atoms with Gasteiger partial charge in [0.1, 0.15) is 5.92 Å². The van der Waals surface area contributed by atoms with Gasteiger partial charge in [-0.1, -0.05) is 6.92 Å². The van der Waals surface area contributed by atoms with E-state index in [0.29, 0.717) is 0 Å². The number of hydrogen-bond acceptors (Lipinski definition) is 5. The smallest absolute Gasteiger partial charge is 0.298 e. The maximum Gasteiger partial charge on any atom is 0.522 e. The fourth-order valence-electron chi connectivity index (χ4n) is 2.90. The van der Waals surface area contributed by atoms with Crippen LogP contribution in [0.15, 0.2) is 0 Å². The number of carbonyl (C=O) groups is 4. The lowest BCUT2D eigenvalue weighted by Gasteiger charge is -2.40. The fourth-order valence-corrected chi connectivity index (χ4v) is 2.90. The van der Waals surface area contributed by atoms with E-state index in [9.17, 15) is 32.3 Å². The molecule has 0 N–H and O–H groups in total. The summed E-state index contributed by atoms with van der Waals surface area (Å²) in [6, 6.07) is 0. The summed E-state index contributed by atoms with van der Waals surface area (Å²) < 4.78 is 39.7. The van der Waals surface area contributed by atoms with E-state index in [4.69, 9.17) is 0 Å². The van der Waals surface area contributed by atoms with Gasteiger partial charge in [-0.3, -0.25) is 23.9 Å². The van der Waals surface area contributed by atoms with Crippen molar-refractivity contribution in [3.05, 3.63) is 0 Å². The lowest BCUT2D eigenvalue weighted by molar-refractivity contribution is -0.328. The Bertz CT molecular complexity index is 545. The molecule has 0 bridgehead atoms. The number of hydrogen-bond donors (Lipinski definition) is 0. The quantitative estimate of drug-likeness (QED) is 0.712. The van der Waals surface area contributed by atoms with Crippen molar-refractivity contribution in [1.82, 2.24) is 0 Å². The van der Waals surface area contributed by atoms with Crippen LogP contribution < -0.4 is 0 Å². The van der Waals surface area contributed by atoms with Crippen LogP contribution in [0.2, 0.25) is 0 Å². The summed E-state index contributed by atoms with van der Waals surface area (Å²) in [5.41, 5.74) is -2.99. The van der Waals surface area contributed by atoms with Crippen LogP contribution in [0, 0.1) is 22.7 Å². The zero-order valence-corrected chi connectivity index (χ0v) is 14.2. The Morgan fingerprint density at radius 2 is 1.50 bits per heavy atom. The predicted molar refractivity (Wildman–Crippen MR) is 76.9 cm³/mol. The Morgan fingerprint density at radius 3 is 1.88 bits per heavy atom. The standard InChI is InChI=1S/C16H21F3O5/c1-8(7-24-16(17,18)19)6-9(20)10-11(21)14(2,3)13(23)15(4,5)12(10)22/h8,10H,6-7H2,1-5H3. The van der Waals surface area contributed by atoms with Crippen LogP contribution in [0.3, 0.4) is 0 Å². The van der Waals surface area contributed by atoms with Crippen molar-refractivity contribution in [2.24, 2.45) is 22.7 Å². The summed E-state index contributed by atoms with van der Waals surface area (Å²) in [7, 11) is 0. The zero-order chi connectivity index (χ0) is 19.1. The van der Waals surface area contributed by atoms with Crippen molar-refractivity contribution >= 4 is 23.1 Å². The maximum atomic E-state index is 12.4. The lowest BCUT2D eigenvalue weighted by Crippen LogP contribution is -2.59. The van der Waals surface area contributed by atoms with Gasteiger partial charge in [0.15, 0.2) is 23.1 Å². The molecule has 1 fully saturated rings. The molecule has 0 heterocycles. The SMILES string of the molecule is CC(COC(F)(F)F)CC(=O)C1C(=O)C(C)(C)C(=O)C(C)(C)C1=O. The van der Waals surface area contributed by atoms with Crippen molar-refractivity contribution < 1.29 is 37.1 Å². The Balaban J connectivity index is 2.95. The van der Waals surface area contributed by atoms with E-state index in [-0.39, 0.29) is 0 Å². The summed E-state index contributed by atoms with van der Waals surface area (Å²) in [5.74, 6) is -5.40. The van der Waals surface area contributed by atoms with E-state index in [1.165, 1.54) is 34.6 Å². The number of alkyl halides is 3. The molecule has 24 heavy (non-hydrogen) atoms. The molecule has 5 nitrogen and oxygen atoms in total. The number of rotatable bonds is 5. The molecule has 1 rings (SSSR count). The van der Waals surface area contributed by atoms with Crippen molar-refractivity contribution in [3.8, 4) is 0 Å². The number of Topliss-reactive ketones (excluding diaryl/α,β-unsaturated/α-hetero) is 4. The average Bonchev–Trinajstić information content (AvgIpc) is 2.42. The first-order valence-electron chi connectivity index (χ1n) is 7.49. The molecule has 1 saturated carbocycles. The van der Waals surface area contributed by atoms with Gasteiger partial charge in [-0.15, -0.1) is 13.2 Å². The van der Waals surface area contributed by atoms with Crippen molar-refractivity contribution in [2.45, 2.75) is 47.4 Å². The van der Waals surface area contributed by atoms with Crippen LogP contribution in [-0.2, 0) is 23.9 Å². The molecule has 0 amide bonds. The van der Waals surface area contributed by atoms with Gasteiger partial charge in [-0.05, 0) is 33.6 Å². The van der Waals surface area contributed by atoms with Crippen LogP contribution in [0.4, 0.5) is 13.2 Å². The van der Waals surface area contributed by atoms with Gasteiger partial charge in [-0.2, -0.15) is 0 Å². The molecule has 1 aliphatic rings. The average molecular weight is 350 g/mol. The van der Waals surface area contributed by atoms with Gasteiger partial charge in [0.25, 0.3) is 0 Å². The third kappa shape index (κ3) is 3.91. The molecular weight excluding hydrogens is 329 g/mol. The van der Waals surface area contributed by atoms with Gasteiger partial charge in [-0.25, -0.2) is 0 Å². The second kappa shape index (κ2) is 6.38. The predicted octanol–water partition coefficient (Wildman–Crippen LogP) is 2.51. The van der Waals surface area contributed by atoms with E-state index in [2.05, 4.69) is 4.74 Å². The largest absolute Gasteiger partial charge is 0.522 e. The first kappa shape index (κ1) is 20.5. The molecule has 8 heteroatoms. The molecule has 1 unspecified atom stereocenters. The second-order valence-electron chi connectivity index (χ2n) is 7.27. The molecule has 136 valence electrons. The third-order valence-electron chi connectivity index (χ3n) is 4.29. The number of carbonyl (C=O) groups excluding carboxylic acids is 4. The van der Waals surface area contributed by atoms with Crippen molar-refractivity contribution in [1.29, 1.82) is 0 Å². The Kier molecular flexibility index (Phi) is 5.45. The third-order valence-corrected chi connectivity index (χ3v) is 4.29. The van der Waals surface area contributed by atoms with Gasteiger partial charge in [0.2, 0.25) is 0 Å². The highest BCUT2D eigenvalue weighted by Crippen LogP contribution is 2.41. The van der Waals surface area contributed by atoms with Gasteiger partial charge in [0, 0.05) is 6.42 Å². The molecule has 0 aliphatic heterocycles. The summed E-state index contributed by atoms with van der Waals surface area (Å²) in [4.78, 5) is 49.5. The molecule has 1 atom stereocenters. The van der Waals surface area contributed by atoms with E-state index in [1.807, 2.05) is 0 Å². The Labute approximate surface area is 137 Å². The van der Waals surface area contributed by atoms with Crippen molar-refractivity contribution in [2.75, 3.05) is 6.61 Å². The van der Waals surface area contributed by atoms with E-state index in [1.54, 1.807) is 0 Å². The molecule has 0 spiro atoms. The highest BCUT2D eigenvalue weighted by Gasteiger charge is 2.59. The van der Waals surface area contributed by atoms with Crippen molar-refractivity contribution in [3.63, 3.8) is 0 Å². The van der Waals surface area contributed by atoms with Crippen LogP contribution in [0.1, 0.15) is 41.0 Å². The topological polar surface area (TPSA) is 77.5 Å². The summed E-state index contributed by atoms with van der Waals surface area (Å²) >= 11 is 0. The highest BCUT2D eigenvalue weighted by atomic mass is 19.4. The van der Waals surface area contributed by atoms with Crippen LogP contribution >= 0.6 is 0 Å². The minimum Gasteiger partial charge on any atom is -0.298 e. The van der Waals surface area contributed by atoms with Crippen LogP contribution in [0.5, 0.6) is 0 Å². The van der Waals surface area contributed by atoms with E-state index < -0.39 is 65.2 Å². The van der Waals surface area contributed by atoms with Gasteiger partial charge >= 0.3 is 6.36 Å². The summed E-state index contributed by atoms with van der Waals surface area (Å²) in [6.07, 6.45) is -5.23. The minimum atomic E-state index is -4.82. The Hall–Kier alpha value is -1.57. The molecular formula is C16H21F3O5. The molecule has 0 aromatic rings. The zero-order valence-electron chi connectivity index (χ0n) is 14.2. The first-order valence-corrected chi connectivity index (χ1v) is 7.49. The van der Waals surface area contributed by atoms with Gasteiger partial charge in [0.05, 0.1) is 17.4 Å². The van der Waals surface area contributed by atoms with Crippen LogP contribution in [-0.4, -0.2) is 36.1 Å². The minimum absolute atomic E-state index is 0.418. The first-order chi connectivity index (χ1) is 10.6. The molecule has 0 saturated heterocycles. The van der Waals surface area contributed by atoms with E-state index >= 15 is 0 Å². The van der Waals surface area contributed by atoms with Gasteiger partial charge < -0.3 is 0 Å². The Morgan fingerprint density at radius 1 is 1.08 bits per heavy atom. The number of halogens is 3. The monoisotopic (exact) mass is 350 g/mol. The molecule has 0 radical (unpaired) electrons. The summed E-state index contributed by atoms with van der Waals surface area (Å²) in [6.45, 7) is 5.99. The number of ketones is 4. The lowest BCUT2D eigenvalue weighted by atomic mass is 9.57. The normalized spacial score (nSPS) is 22.6. The maximum absolute atomic E-state index is 12.4. The van der Waals surface area contributed by atoms with Crippen LogP contribution in [0.25, 0.3) is 0 Å². The second-order valence-corrected chi connectivity index (χ2v) is 7.27. The highest BCUT2D eigenvalue weighted by molar-refractivity contribution is 6.35. The molecule has 0 aromatic carbocycles. The fraction of sp³-hybridized carbons (Fsp3) is 0.750.